The van der Waals surface area contributed by atoms with Crippen LogP contribution in [0.5, 0.6) is 0 Å². The van der Waals surface area contributed by atoms with E-state index in [-0.39, 0.29) is 0 Å². The van der Waals surface area contributed by atoms with E-state index in [1.54, 1.807) is 12.2 Å². The van der Waals surface area contributed by atoms with Gasteiger partial charge in [-0.2, -0.15) is 9.98 Å². The Morgan fingerprint density at radius 2 is 1.24 bits per heavy atom. The fourth-order valence-corrected chi connectivity index (χ4v) is 3.92. The van der Waals surface area contributed by atoms with Crippen molar-refractivity contribution in [2.45, 2.75) is 18.5 Å². The number of fused-ring (bicyclic) bond motifs is 2. The zero-order valence-corrected chi connectivity index (χ0v) is 15.7. The smallest absolute Gasteiger partial charge is 0.211 e. The zero-order chi connectivity index (χ0) is 20.1. The van der Waals surface area contributed by atoms with Crippen LogP contribution in [-0.2, 0) is 16.0 Å². The van der Waals surface area contributed by atoms with E-state index in [0.29, 0.717) is 6.42 Å². The normalized spacial score (nSPS) is 12.7. The van der Waals surface area contributed by atoms with Gasteiger partial charge in [-0.25, -0.2) is 9.59 Å². The maximum atomic E-state index is 11.3. The third-order valence-electron chi connectivity index (χ3n) is 5.23. The zero-order valence-electron chi connectivity index (χ0n) is 15.7. The molecule has 2 unspecified atom stereocenters. The summed E-state index contributed by atoms with van der Waals surface area (Å²) in [7, 11) is 0. The quantitative estimate of drug-likeness (QED) is 0.337. The molecule has 4 rings (SSSR count). The molecule has 0 heterocycles. The molecular weight excluding hydrogens is 360 g/mol. The lowest BCUT2D eigenvalue weighted by atomic mass is 9.90. The summed E-state index contributed by atoms with van der Waals surface area (Å²) in [5.74, 6) is 0. The van der Waals surface area contributed by atoms with Crippen molar-refractivity contribution in [1.82, 2.24) is 0 Å². The number of nitrogens with zero attached hydrogens (tertiary/aromatic N) is 2. The number of isocyanates is 2. The summed E-state index contributed by atoms with van der Waals surface area (Å²) in [6, 6.07) is 26.6. The van der Waals surface area contributed by atoms with E-state index < -0.39 is 12.1 Å². The Morgan fingerprint density at radius 1 is 0.655 bits per heavy atom. The van der Waals surface area contributed by atoms with Crippen molar-refractivity contribution in [3.8, 4) is 0 Å². The Bertz CT molecular complexity index is 1260. The van der Waals surface area contributed by atoms with Crippen LogP contribution >= 0.6 is 0 Å². The molecule has 4 aromatic rings. The van der Waals surface area contributed by atoms with Crippen LogP contribution in [0.4, 0.5) is 0 Å². The third kappa shape index (κ3) is 3.76. The predicted octanol–water partition coefficient (Wildman–Crippen LogP) is 5.32. The maximum absolute atomic E-state index is 11.3. The first-order valence-electron chi connectivity index (χ1n) is 9.40. The largest absolute Gasteiger partial charge is 0.235 e. The maximum Gasteiger partial charge on any atom is 0.235 e. The summed E-state index contributed by atoms with van der Waals surface area (Å²) in [5.41, 5.74) is 1.88. The number of hydrogen-bond acceptors (Lipinski definition) is 4. The summed E-state index contributed by atoms with van der Waals surface area (Å²) < 4.78 is 0. The molecule has 0 fully saturated rings. The average Bonchev–Trinajstić information content (AvgIpc) is 2.77. The van der Waals surface area contributed by atoms with Crippen molar-refractivity contribution in [2.75, 3.05) is 0 Å². The van der Waals surface area contributed by atoms with Crippen LogP contribution < -0.4 is 0 Å². The molecule has 0 N–H and O–H groups in total. The first-order chi connectivity index (χ1) is 14.3. The SMILES string of the molecule is O=C=NC(Cc1cccc2ccccc12)C(N=C=O)c1cccc2ccccc12. The van der Waals surface area contributed by atoms with Crippen LogP contribution in [0, 0.1) is 0 Å². The number of benzene rings is 4. The molecule has 0 aliphatic rings. The van der Waals surface area contributed by atoms with Gasteiger partial charge in [-0.1, -0.05) is 84.9 Å². The van der Waals surface area contributed by atoms with Gasteiger partial charge < -0.3 is 0 Å². The summed E-state index contributed by atoms with van der Waals surface area (Å²) in [6.07, 6.45) is 3.81. The molecule has 0 bridgehead atoms. The molecule has 0 radical (unpaired) electrons. The molecule has 0 aliphatic heterocycles. The molecule has 4 aromatic carbocycles. The van der Waals surface area contributed by atoms with E-state index in [2.05, 4.69) is 9.98 Å². The number of rotatable bonds is 6. The van der Waals surface area contributed by atoms with Crippen LogP contribution in [0.25, 0.3) is 21.5 Å². The second-order valence-corrected chi connectivity index (χ2v) is 6.86. The van der Waals surface area contributed by atoms with E-state index in [4.69, 9.17) is 0 Å². The minimum Gasteiger partial charge on any atom is -0.211 e. The highest BCUT2D eigenvalue weighted by Gasteiger charge is 2.25. The summed E-state index contributed by atoms with van der Waals surface area (Å²) >= 11 is 0. The predicted molar refractivity (Wildman–Crippen MR) is 114 cm³/mol. The molecule has 0 aliphatic carbocycles. The second kappa shape index (κ2) is 8.45. The molecule has 0 saturated carbocycles. The Hall–Kier alpha value is -3.84. The van der Waals surface area contributed by atoms with Crippen LogP contribution in [0.1, 0.15) is 17.2 Å². The lowest BCUT2D eigenvalue weighted by molar-refractivity contribution is 0.515. The monoisotopic (exact) mass is 378 g/mol. The van der Waals surface area contributed by atoms with Gasteiger partial charge in [0.05, 0.1) is 6.04 Å². The van der Waals surface area contributed by atoms with Gasteiger partial charge in [-0.15, -0.1) is 0 Å². The molecule has 29 heavy (non-hydrogen) atoms. The van der Waals surface area contributed by atoms with Crippen molar-refractivity contribution >= 4 is 33.7 Å². The van der Waals surface area contributed by atoms with E-state index in [0.717, 1.165) is 32.7 Å². The van der Waals surface area contributed by atoms with Gasteiger partial charge in [0.2, 0.25) is 12.2 Å². The highest BCUT2D eigenvalue weighted by molar-refractivity contribution is 5.87. The standard InChI is InChI=1S/C25H18N2O2/c28-16-26-24(15-20-11-5-9-18-7-1-3-12-21(18)20)25(27-17-29)23-14-6-10-19-8-2-4-13-22(19)23/h1-14,24-25H,15H2. The Balaban J connectivity index is 1.83. The van der Waals surface area contributed by atoms with Crippen LogP contribution in [0.2, 0.25) is 0 Å². The topological polar surface area (TPSA) is 58.9 Å². The van der Waals surface area contributed by atoms with E-state index in [1.165, 1.54) is 0 Å². The summed E-state index contributed by atoms with van der Waals surface area (Å²) in [5, 5.41) is 4.21. The van der Waals surface area contributed by atoms with Gasteiger partial charge in [0.1, 0.15) is 6.04 Å². The van der Waals surface area contributed by atoms with Gasteiger partial charge in [0.15, 0.2) is 0 Å². The summed E-state index contributed by atoms with van der Waals surface area (Å²) in [4.78, 5) is 30.6. The highest BCUT2D eigenvalue weighted by Crippen LogP contribution is 2.32. The number of hydrogen-bond donors (Lipinski definition) is 0. The molecule has 4 heteroatoms. The molecule has 0 amide bonds. The van der Waals surface area contributed by atoms with Crippen molar-refractivity contribution in [2.24, 2.45) is 9.98 Å². The lowest BCUT2D eigenvalue weighted by Gasteiger charge is -2.21. The Kier molecular flexibility index (Phi) is 5.40. The second-order valence-electron chi connectivity index (χ2n) is 6.86. The van der Waals surface area contributed by atoms with Gasteiger partial charge >= 0.3 is 0 Å². The Morgan fingerprint density at radius 3 is 1.97 bits per heavy atom. The highest BCUT2D eigenvalue weighted by atomic mass is 16.1. The van der Waals surface area contributed by atoms with Gasteiger partial charge in [-0.05, 0) is 39.1 Å². The van der Waals surface area contributed by atoms with Crippen LogP contribution in [-0.4, -0.2) is 18.2 Å². The molecule has 0 saturated heterocycles. The minimum atomic E-state index is -0.626. The van der Waals surface area contributed by atoms with E-state index in [1.807, 2.05) is 84.9 Å². The van der Waals surface area contributed by atoms with Crippen molar-refractivity contribution < 1.29 is 9.59 Å². The molecular formula is C25H18N2O2. The first-order valence-corrected chi connectivity index (χ1v) is 9.40. The first kappa shape index (κ1) is 18.5. The van der Waals surface area contributed by atoms with Crippen molar-refractivity contribution in [1.29, 1.82) is 0 Å². The minimum absolute atomic E-state index is 0.454. The fraction of sp³-hybridized carbons (Fsp3) is 0.120. The lowest BCUT2D eigenvalue weighted by Crippen LogP contribution is -2.19. The molecule has 140 valence electrons. The summed E-state index contributed by atoms with van der Waals surface area (Å²) in [6.45, 7) is 0. The van der Waals surface area contributed by atoms with E-state index in [9.17, 15) is 9.59 Å². The van der Waals surface area contributed by atoms with Crippen LogP contribution in [0.3, 0.4) is 0 Å². The number of aliphatic imine (C=N–C) groups is 2. The number of carbonyl (C=O) groups excluding carboxylic acids is 2. The molecule has 2 atom stereocenters. The average molecular weight is 378 g/mol. The molecule has 0 spiro atoms. The fourth-order valence-electron chi connectivity index (χ4n) is 3.92. The van der Waals surface area contributed by atoms with E-state index >= 15 is 0 Å². The molecule has 0 aromatic heterocycles. The molecule has 4 nitrogen and oxygen atoms in total. The van der Waals surface area contributed by atoms with Gasteiger partial charge in [-0.3, -0.25) is 0 Å². The van der Waals surface area contributed by atoms with Crippen LogP contribution in [0.15, 0.2) is 94.9 Å². The van der Waals surface area contributed by atoms with Crippen molar-refractivity contribution in [3.05, 3.63) is 96.1 Å². The van der Waals surface area contributed by atoms with Gasteiger partial charge in [0.25, 0.3) is 0 Å². The van der Waals surface area contributed by atoms with Crippen molar-refractivity contribution in [3.63, 3.8) is 0 Å². The van der Waals surface area contributed by atoms with Gasteiger partial charge in [0, 0.05) is 0 Å². The third-order valence-corrected chi connectivity index (χ3v) is 5.23. The Labute approximate surface area is 168 Å².